The summed E-state index contributed by atoms with van der Waals surface area (Å²) >= 11 is 1.91. The Balaban J connectivity index is 1.64. The van der Waals surface area contributed by atoms with E-state index in [1.807, 2.05) is 23.6 Å². The third-order valence-electron chi connectivity index (χ3n) is 4.31. The highest BCUT2D eigenvalue weighted by Gasteiger charge is 2.18. The zero-order valence-electron chi connectivity index (χ0n) is 11.9. The molecular formula is C18H18N2S. The molecule has 0 saturated heterocycles. The van der Waals surface area contributed by atoms with Gasteiger partial charge < -0.3 is 5.73 Å². The normalized spacial score (nSPS) is 15.3. The number of aromatic nitrogens is 1. The summed E-state index contributed by atoms with van der Waals surface area (Å²) in [5.74, 6) is 0. The molecule has 3 aromatic rings. The van der Waals surface area contributed by atoms with Crippen molar-refractivity contribution in [3.63, 3.8) is 0 Å². The van der Waals surface area contributed by atoms with E-state index in [0.717, 1.165) is 11.9 Å². The van der Waals surface area contributed by atoms with E-state index >= 15 is 0 Å². The van der Waals surface area contributed by atoms with E-state index in [0.29, 0.717) is 0 Å². The molecule has 2 nitrogen and oxygen atoms in total. The van der Waals surface area contributed by atoms with Crippen LogP contribution in [0.2, 0.25) is 0 Å². The lowest BCUT2D eigenvalue weighted by Gasteiger charge is -2.12. The summed E-state index contributed by atoms with van der Waals surface area (Å²) < 4.78 is 0. The topological polar surface area (TPSA) is 38.9 Å². The molecule has 2 heterocycles. The van der Waals surface area contributed by atoms with E-state index in [2.05, 4.69) is 35.3 Å². The molecule has 4 rings (SSSR count). The van der Waals surface area contributed by atoms with Crippen LogP contribution in [0.1, 0.15) is 33.3 Å². The Kier molecular flexibility index (Phi) is 3.24. The van der Waals surface area contributed by atoms with Crippen molar-refractivity contribution in [3.05, 3.63) is 63.5 Å². The summed E-state index contributed by atoms with van der Waals surface area (Å²) in [7, 11) is 0. The van der Waals surface area contributed by atoms with Crippen molar-refractivity contribution in [2.45, 2.75) is 31.7 Å². The first-order valence-corrected chi connectivity index (χ1v) is 8.32. The quantitative estimate of drug-likeness (QED) is 0.792. The predicted molar refractivity (Wildman–Crippen MR) is 88.7 cm³/mol. The first-order valence-electron chi connectivity index (χ1n) is 7.51. The van der Waals surface area contributed by atoms with E-state index in [1.165, 1.54) is 40.7 Å². The van der Waals surface area contributed by atoms with Gasteiger partial charge in [0.25, 0.3) is 0 Å². The molecule has 2 aromatic heterocycles. The third kappa shape index (κ3) is 2.37. The number of nitrogens with two attached hydrogens (primary N) is 1. The maximum absolute atomic E-state index is 6.47. The number of hydrogen-bond donors (Lipinski definition) is 1. The molecule has 1 aliphatic carbocycles. The van der Waals surface area contributed by atoms with Crippen molar-refractivity contribution in [1.29, 1.82) is 0 Å². The number of nitrogens with zero attached hydrogens (tertiary/aromatic N) is 1. The van der Waals surface area contributed by atoms with Crippen molar-refractivity contribution in [1.82, 2.24) is 4.98 Å². The minimum Gasteiger partial charge on any atom is -0.323 e. The van der Waals surface area contributed by atoms with Crippen LogP contribution in [0.3, 0.4) is 0 Å². The highest BCUT2D eigenvalue weighted by Crippen LogP contribution is 2.34. The fourth-order valence-corrected chi connectivity index (χ4v) is 4.46. The van der Waals surface area contributed by atoms with E-state index in [4.69, 9.17) is 5.73 Å². The third-order valence-corrected chi connectivity index (χ3v) is 5.68. The molecule has 1 atom stereocenters. The largest absolute Gasteiger partial charge is 0.323 e. The minimum atomic E-state index is 0.0893. The summed E-state index contributed by atoms with van der Waals surface area (Å²) in [5, 5.41) is 1.22. The van der Waals surface area contributed by atoms with E-state index in [1.54, 1.807) is 4.88 Å². The summed E-state index contributed by atoms with van der Waals surface area (Å²) in [4.78, 5) is 7.31. The van der Waals surface area contributed by atoms with Crippen LogP contribution >= 0.6 is 11.3 Å². The molecule has 1 aromatic carbocycles. The molecule has 3 heteroatoms. The van der Waals surface area contributed by atoms with Crippen molar-refractivity contribution >= 4 is 22.2 Å². The summed E-state index contributed by atoms with van der Waals surface area (Å²) in [6.45, 7) is 0. The standard InChI is InChI=1S/C18H18N2S/c19-15(18-11-13-4-3-7-17(13)21-18)10-12-8-9-20-16-6-2-1-5-14(12)16/h1-2,5-6,8-9,11,15H,3-4,7,10,19H2. The molecule has 0 radical (unpaired) electrons. The number of fused-ring (bicyclic) bond motifs is 2. The number of thiophene rings is 1. The van der Waals surface area contributed by atoms with Crippen molar-refractivity contribution < 1.29 is 0 Å². The lowest BCUT2D eigenvalue weighted by Crippen LogP contribution is -2.12. The average Bonchev–Trinajstić information content (AvgIpc) is 3.09. The smallest absolute Gasteiger partial charge is 0.0704 e. The Morgan fingerprint density at radius 1 is 1.19 bits per heavy atom. The van der Waals surface area contributed by atoms with Gasteiger partial charge in [0, 0.05) is 27.4 Å². The fourth-order valence-electron chi connectivity index (χ4n) is 3.21. The highest BCUT2D eigenvalue weighted by molar-refractivity contribution is 7.12. The van der Waals surface area contributed by atoms with Crippen LogP contribution in [0.25, 0.3) is 10.9 Å². The van der Waals surface area contributed by atoms with E-state index in [9.17, 15) is 0 Å². The van der Waals surface area contributed by atoms with Crippen LogP contribution in [-0.2, 0) is 19.3 Å². The van der Waals surface area contributed by atoms with Crippen molar-refractivity contribution in [2.75, 3.05) is 0 Å². The lowest BCUT2D eigenvalue weighted by molar-refractivity contribution is 0.738. The van der Waals surface area contributed by atoms with Crippen LogP contribution in [0.4, 0.5) is 0 Å². The fraction of sp³-hybridized carbons (Fsp3) is 0.278. The van der Waals surface area contributed by atoms with Crippen molar-refractivity contribution in [2.24, 2.45) is 5.73 Å². The van der Waals surface area contributed by atoms with Crippen LogP contribution in [0.5, 0.6) is 0 Å². The molecule has 2 N–H and O–H groups in total. The zero-order chi connectivity index (χ0) is 14.2. The van der Waals surface area contributed by atoms with Gasteiger partial charge in [-0.25, -0.2) is 0 Å². The second-order valence-corrected chi connectivity index (χ2v) is 6.92. The van der Waals surface area contributed by atoms with Gasteiger partial charge in [-0.15, -0.1) is 11.3 Å². The number of para-hydroxylation sites is 1. The molecule has 1 unspecified atom stereocenters. The van der Waals surface area contributed by atoms with Gasteiger partial charge in [-0.05, 0) is 55.0 Å². The van der Waals surface area contributed by atoms with Gasteiger partial charge >= 0.3 is 0 Å². The maximum atomic E-state index is 6.47. The molecule has 106 valence electrons. The Morgan fingerprint density at radius 3 is 3.00 bits per heavy atom. The first kappa shape index (κ1) is 13.0. The Morgan fingerprint density at radius 2 is 2.10 bits per heavy atom. The van der Waals surface area contributed by atoms with Gasteiger partial charge in [-0.3, -0.25) is 4.98 Å². The van der Waals surface area contributed by atoms with Gasteiger partial charge in [0.15, 0.2) is 0 Å². The van der Waals surface area contributed by atoms with Crippen molar-refractivity contribution in [3.8, 4) is 0 Å². The van der Waals surface area contributed by atoms with Crippen LogP contribution in [-0.4, -0.2) is 4.98 Å². The molecule has 0 saturated carbocycles. The zero-order valence-corrected chi connectivity index (χ0v) is 12.7. The summed E-state index contributed by atoms with van der Waals surface area (Å²) in [6.07, 6.45) is 6.55. The second kappa shape index (κ2) is 5.24. The summed E-state index contributed by atoms with van der Waals surface area (Å²) in [5.41, 5.74) is 10.3. The molecular weight excluding hydrogens is 276 g/mol. The predicted octanol–water partition coefficient (Wildman–Crippen LogP) is 4.03. The minimum absolute atomic E-state index is 0.0893. The molecule has 21 heavy (non-hydrogen) atoms. The number of benzene rings is 1. The van der Waals surface area contributed by atoms with Gasteiger partial charge in [0.05, 0.1) is 5.52 Å². The molecule has 0 bridgehead atoms. The second-order valence-electron chi connectivity index (χ2n) is 5.75. The molecule has 0 fully saturated rings. The number of aryl methyl sites for hydroxylation is 2. The SMILES string of the molecule is NC(Cc1ccnc2ccccc12)c1cc2c(s1)CCC2. The van der Waals surface area contributed by atoms with Gasteiger partial charge in [-0.2, -0.15) is 0 Å². The van der Waals surface area contributed by atoms with Gasteiger partial charge in [0.1, 0.15) is 0 Å². The van der Waals surface area contributed by atoms with E-state index in [-0.39, 0.29) is 6.04 Å². The van der Waals surface area contributed by atoms with Crippen LogP contribution in [0.15, 0.2) is 42.6 Å². The Labute approximate surface area is 128 Å². The monoisotopic (exact) mass is 294 g/mol. The number of rotatable bonds is 3. The highest BCUT2D eigenvalue weighted by atomic mass is 32.1. The molecule has 1 aliphatic rings. The molecule has 0 amide bonds. The maximum Gasteiger partial charge on any atom is 0.0704 e. The Bertz CT molecular complexity index is 764. The number of pyridine rings is 1. The lowest BCUT2D eigenvalue weighted by atomic mass is 10.0. The summed E-state index contributed by atoms with van der Waals surface area (Å²) in [6, 6.07) is 12.8. The molecule has 0 aliphatic heterocycles. The van der Waals surface area contributed by atoms with Gasteiger partial charge in [0.2, 0.25) is 0 Å². The van der Waals surface area contributed by atoms with Crippen LogP contribution < -0.4 is 5.73 Å². The average molecular weight is 294 g/mol. The number of hydrogen-bond acceptors (Lipinski definition) is 3. The van der Waals surface area contributed by atoms with Gasteiger partial charge in [-0.1, -0.05) is 18.2 Å². The van der Waals surface area contributed by atoms with Crippen LogP contribution in [0, 0.1) is 0 Å². The van der Waals surface area contributed by atoms with E-state index < -0.39 is 0 Å². The first-order chi connectivity index (χ1) is 10.3. The Hall–Kier alpha value is -1.71. The molecule has 0 spiro atoms.